The van der Waals surface area contributed by atoms with Crippen molar-refractivity contribution in [3.63, 3.8) is 0 Å². The quantitative estimate of drug-likeness (QED) is 0.623. The molecule has 0 saturated heterocycles. The fourth-order valence-electron chi connectivity index (χ4n) is 2.94. The van der Waals surface area contributed by atoms with Crippen molar-refractivity contribution >= 4 is 23.4 Å². The highest BCUT2D eigenvalue weighted by molar-refractivity contribution is 6.30. The second kappa shape index (κ2) is 6.41. The number of aromatic nitrogens is 4. The lowest BCUT2D eigenvalue weighted by atomic mass is 10.1. The van der Waals surface area contributed by atoms with Gasteiger partial charge in [-0.2, -0.15) is 17.9 Å². The van der Waals surface area contributed by atoms with Gasteiger partial charge in [0.1, 0.15) is 0 Å². The zero-order chi connectivity index (χ0) is 20.1. The van der Waals surface area contributed by atoms with E-state index in [9.17, 15) is 22.8 Å². The molecule has 28 heavy (non-hydrogen) atoms. The third-order valence-corrected chi connectivity index (χ3v) is 4.44. The normalized spacial score (nSPS) is 13.9. The van der Waals surface area contributed by atoms with Crippen LogP contribution in [0.25, 0.3) is 5.69 Å². The monoisotopic (exact) mass is 407 g/mol. The fourth-order valence-corrected chi connectivity index (χ4v) is 3.11. The number of hydrogen-bond acceptors (Lipinski definition) is 5. The first-order valence-electron chi connectivity index (χ1n) is 7.87. The van der Waals surface area contributed by atoms with E-state index in [4.69, 9.17) is 11.6 Å². The summed E-state index contributed by atoms with van der Waals surface area (Å²) in [7, 11) is 0. The fraction of sp³-hybridized carbons (Fsp3) is 0.118. The van der Waals surface area contributed by atoms with E-state index in [1.54, 1.807) is 12.1 Å². The molecule has 2 amide bonds. The van der Waals surface area contributed by atoms with Crippen LogP contribution < -0.4 is 0 Å². The molecular formula is C17H9ClF3N5O2. The van der Waals surface area contributed by atoms with Crippen molar-refractivity contribution < 1.29 is 22.8 Å². The maximum Gasteiger partial charge on any atom is 0.418 e. The molecule has 0 bridgehead atoms. The van der Waals surface area contributed by atoms with Gasteiger partial charge in [0.05, 0.1) is 28.9 Å². The molecule has 0 atom stereocenters. The van der Waals surface area contributed by atoms with Crippen LogP contribution >= 0.6 is 11.6 Å². The van der Waals surface area contributed by atoms with Gasteiger partial charge in [0.15, 0.2) is 5.82 Å². The zero-order valence-electron chi connectivity index (χ0n) is 13.8. The maximum absolute atomic E-state index is 13.4. The Labute approximate surface area is 160 Å². The minimum absolute atomic E-state index is 0.106. The average molecular weight is 408 g/mol. The van der Waals surface area contributed by atoms with E-state index in [1.807, 2.05) is 0 Å². The SMILES string of the molecule is O=C1c2ccccc2C(=O)N1Cc1nnnn1-c1ccc(Cl)cc1C(F)(F)F. The van der Waals surface area contributed by atoms with Crippen LogP contribution in [0.5, 0.6) is 0 Å². The first-order chi connectivity index (χ1) is 13.3. The highest BCUT2D eigenvalue weighted by atomic mass is 35.5. The molecule has 4 rings (SSSR count). The number of benzene rings is 2. The molecule has 0 saturated carbocycles. The molecule has 3 aromatic rings. The van der Waals surface area contributed by atoms with Crippen molar-refractivity contribution in [2.75, 3.05) is 0 Å². The second-order valence-corrected chi connectivity index (χ2v) is 6.34. The summed E-state index contributed by atoms with van der Waals surface area (Å²) in [6, 6.07) is 9.36. The number of halogens is 4. The summed E-state index contributed by atoms with van der Waals surface area (Å²) in [5.74, 6) is -1.24. The summed E-state index contributed by atoms with van der Waals surface area (Å²) in [6.07, 6.45) is -4.71. The maximum atomic E-state index is 13.4. The van der Waals surface area contributed by atoms with E-state index in [2.05, 4.69) is 15.5 Å². The van der Waals surface area contributed by atoms with Crippen LogP contribution in [0.4, 0.5) is 13.2 Å². The predicted octanol–water partition coefficient (Wildman–Crippen LogP) is 3.13. The molecule has 1 aromatic heterocycles. The number of alkyl halides is 3. The largest absolute Gasteiger partial charge is 0.418 e. The zero-order valence-corrected chi connectivity index (χ0v) is 14.6. The number of fused-ring (bicyclic) bond motifs is 1. The average Bonchev–Trinajstić information content (AvgIpc) is 3.20. The molecule has 2 heterocycles. The third-order valence-electron chi connectivity index (χ3n) is 4.20. The molecule has 0 spiro atoms. The Bertz CT molecular complexity index is 1080. The molecule has 1 aliphatic rings. The molecule has 2 aromatic carbocycles. The number of hydrogen-bond donors (Lipinski definition) is 0. The minimum atomic E-state index is -4.71. The Morgan fingerprint density at radius 2 is 1.64 bits per heavy atom. The first kappa shape index (κ1) is 18.1. The molecule has 0 unspecified atom stereocenters. The van der Waals surface area contributed by atoms with Crippen LogP contribution in [0.3, 0.4) is 0 Å². The van der Waals surface area contributed by atoms with Crippen LogP contribution in [-0.4, -0.2) is 36.9 Å². The van der Waals surface area contributed by atoms with Gasteiger partial charge in [-0.05, 0) is 40.8 Å². The molecule has 11 heteroatoms. The molecule has 1 aliphatic heterocycles. The summed E-state index contributed by atoms with van der Waals surface area (Å²) >= 11 is 5.69. The molecule has 7 nitrogen and oxygen atoms in total. The summed E-state index contributed by atoms with van der Waals surface area (Å²) in [5.41, 5.74) is -0.979. The predicted molar refractivity (Wildman–Crippen MR) is 89.8 cm³/mol. The van der Waals surface area contributed by atoms with Gasteiger partial charge in [0.2, 0.25) is 0 Å². The Balaban J connectivity index is 1.73. The number of carbonyl (C=O) groups is 2. The van der Waals surface area contributed by atoms with Crippen LogP contribution in [-0.2, 0) is 12.7 Å². The van der Waals surface area contributed by atoms with Gasteiger partial charge in [0.25, 0.3) is 11.8 Å². The second-order valence-electron chi connectivity index (χ2n) is 5.91. The highest BCUT2D eigenvalue weighted by Gasteiger charge is 2.38. The van der Waals surface area contributed by atoms with Gasteiger partial charge in [-0.15, -0.1) is 5.10 Å². The highest BCUT2D eigenvalue weighted by Crippen LogP contribution is 2.35. The van der Waals surface area contributed by atoms with Gasteiger partial charge in [0, 0.05) is 5.02 Å². The molecule has 0 fully saturated rings. The molecule has 142 valence electrons. The van der Waals surface area contributed by atoms with E-state index in [-0.39, 0.29) is 34.2 Å². The van der Waals surface area contributed by atoms with Crippen molar-refractivity contribution in [3.8, 4) is 5.69 Å². The Kier molecular flexibility index (Phi) is 4.15. The Hall–Kier alpha value is -3.27. The van der Waals surface area contributed by atoms with Crippen molar-refractivity contribution in [1.29, 1.82) is 0 Å². The van der Waals surface area contributed by atoms with E-state index in [0.29, 0.717) is 0 Å². The number of carbonyl (C=O) groups excluding carboxylic acids is 2. The lowest BCUT2D eigenvalue weighted by Gasteiger charge is -2.16. The number of tetrazole rings is 1. The first-order valence-corrected chi connectivity index (χ1v) is 8.25. The van der Waals surface area contributed by atoms with Crippen molar-refractivity contribution in [1.82, 2.24) is 25.1 Å². The van der Waals surface area contributed by atoms with E-state index >= 15 is 0 Å². The third kappa shape index (κ3) is 2.91. The van der Waals surface area contributed by atoms with Crippen LogP contribution in [0, 0.1) is 0 Å². The summed E-state index contributed by atoms with van der Waals surface area (Å²) in [6.45, 7) is -0.390. The van der Waals surface area contributed by atoms with Crippen molar-refractivity contribution in [2.45, 2.75) is 12.7 Å². The van der Waals surface area contributed by atoms with Gasteiger partial charge >= 0.3 is 6.18 Å². The van der Waals surface area contributed by atoms with Crippen molar-refractivity contribution in [3.05, 3.63) is 70.0 Å². The summed E-state index contributed by atoms with van der Waals surface area (Å²) in [5, 5.41) is 10.6. The van der Waals surface area contributed by atoms with Crippen LogP contribution in [0.2, 0.25) is 5.02 Å². The Morgan fingerprint density at radius 3 is 2.25 bits per heavy atom. The lowest BCUT2D eigenvalue weighted by Crippen LogP contribution is -2.30. The van der Waals surface area contributed by atoms with Crippen molar-refractivity contribution in [2.24, 2.45) is 0 Å². The number of amides is 2. The van der Waals surface area contributed by atoms with Crippen LogP contribution in [0.15, 0.2) is 42.5 Å². The number of nitrogens with zero attached hydrogens (tertiary/aromatic N) is 5. The Morgan fingerprint density at radius 1 is 1.00 bits per heavy atom. The summed E-state index contributed by atoms with van der Waals surface area (Å²) in [4.78, 5) is 25.8. The van der Waals surface area contributed by atoms with Gasteiger partial charge < -0.3 is 0 Å². The minimum Gasteiger partial charge on any atom is -0.269 e. The van der Waals surface area contributed by atoms with Gasteiger partial charge in [-0.3, -0.25) is 14.5 Å². The molecule has 0 aliphatic carbocycles. The smallest absolute Gasteiger partial charge is 0.269 e. The van der Waals surface area contributed by atoms with Gasteiger partial charge in [-0.25, -0.2) is 0 Å². The number of imide groups is 1. The van der Waals surface area contributed by atoms with E-state index in [1.165, 1.54) is 18.2 Å². The van der Waals surface area contributed by atoms with Gasteiger partial charge in [-0.1, -0.05) is 23.7 Å². The van der Waals surface area contributed by atoms with E-state index in [0.717, 1.165) is 21.7 Å². The lowest BCUT2D eigenvalue weighted by molar-refractivity contribution is -0.137. The van der Waals surface area contributed by atoms with E-state index < -0.39 is 23.6 Å². The molecule has 0 radical (unpaired) electrons. The topological polar surface area (TPSA) is 81.0 Å². The van der Waals surface area contributed by atoms with Crippen LogP contribution in [0.1, 0.15) is 32.1 Å². The molecule has 0 N–H and O–H groups in total. The number of rotatable bonds is 3. The summed E-state index contributed by atoms with van der Waals surface area (Å²) < 4.78 is 41.0. The molecular weight excluding hydrogens is 399 g/mol. The standard InChI is InChI=1S/C17H9ClF3N5O2/c18-9-5-6-13(12(7-9)17(19,20)21)26-14(22-23-24-26)8-25-15(27)10-3-1-2-4-11(10)16(25)28/h1-7H,8H2.